The van der Waals surface area contributed by atoms with Crippen molar-refractivity contribution in [2.75, 3.05) is 6.61 Å². The fraction of sp³-hybridized carbons (Fsp3) is 0.250. The Morgan fingerprint density at radius 3 is 2.68 bits per heavy atom. The SMILES string of the molecule is O=C(O)c1ccc(C(=O)NC2CCCOc3ccccc32)o1. The molecule has 1 aromatic carbocycles. The number of rotatable bonds is 3. The highest BCUT2D eigenvalue weighted by Gasteiger charge is 2.23. The molecule has 3 rings (SSSR count). The van der Waals surface area contributed by atoms with Crippen LogP contribution in [-0.4, -0.2) is 23.6 Å². The minimum absolute atomic E-state index is 0.0138. The predicted octanol–water partition coefficient (Wildman–Crippen LogP) is 2.62. The molecular weight excluding hydrogens is 286 g/mol. The molecule has 2 heterocycles. The zero-order valence-electron chi connectivity index (χ0n) is 11.7. The molecule has 0 spiro atoms. The van der Waals surface area contributed by atoms with Crippen LogP contribution in [0.3, 0.4) is 0 Å². The Morgan fingerprint density at radius 2 is 1.91 bits per heavy atom. The van der Waals surface area contributed by atoms with E-state index in [-0.39, 0.29) is 17.6 Å². The van der Waals surface area contributed by atoms with E-state index in [1.165, 1.54) is 12.1 Å². The van der Waals surface area contributed by atoms with Crippen LogP contribution in [0.5, 0.6) is 5.75 Å². The molecule has 0 aliphatic carbocycles. The summed E-state index contributed by atoms with van der Waals surface area (Å²) in [5, 5.41) is 11.7. The van der Waals surface area contributed by atoms with Crippen LogP contribution in [0.1, 0.15) is 45.6 Å². The summed E-state index contributed by atoms with van der Waals surface area (Å²) >= 11 is 0. The van der Waals surface area contributed by atoms with E-state index in [9.17, 15) is 9.59 Å². The number of nitrogens with one attached hydrogen (secondary N) is 1. The highest BCUT2D eigenvalue weighted by Crippen LogP contribution is 2.31. The number of benzene rings is 1. The van der Waals surface area contributed by atoms with Gasteiger partial charge in [0, 0.05) is 5.56 Å². The molecule has 0 bridgehead atoms. The van der Waals surface area contributed by atoms with Gasteiger partial charge in [0.2, 0.25) is 5.76 Å². The molecule has 0 saturated carbocycles. The molecule has 2 N–H and O–H groups in total. The van der Waals surface area contributed by atoms with Gasteiger partial charge in [0.1, 0.15) is 5.75 Å². The average molecular weight is 301 g/mol. The highest BCUT2D eigenvalue weighted by atomic mass is 16.5. The van der Waals surface area contributed by atoms with Crippen LogP contribution < -0.4 is 10.1 Å². The van der Waals surface area contributed by atoms with Crippen molar-refractivity contribution < 1.29 is 23.8 Å². The first-order chi connectivity index (χ1) is 10.6. The van der Waals surface area contributed by atoms with Crippen LogP contribution in [0.4, 0.5) is 0 Å². The standard InChI is InChI=1S/C16H15NO5/c18-15(13-7-8-14(22-13)16(19)20)17-11-5-3-9-21-12-6-2-1-4-10(11)12/h1-2,4,6-8,11H,3,5,9H2,(H,17,18)(H,19,20). The quantitative estimate of drug-likeness (QED) is 0.909. The summed E-state index contributed by atoms with van der Waals surface area (Å²) in [5.74, 6) is -1.15. The van der Waals surface area contributed by atoms with Gasteiger partial charge in [-0.25, -0.2) is 4.79 Å². The number of amides is 1. The maximum atomic E-state index is 12.2. The highest BCUT2D eigenvalue weighted by molar-refractivity contribution is 5.93. The Hall–Kier alpha value is -2.76. The first-order valence-electron chi connectivity index (χ1n) is 7.01. The normalized spacial score (nSPS) is 17.0. The van der Waals surface area contributed by atoms with Crippen molar-refractivity contribution in [2.24, 2.45) is 0 Å². The van der Waals surface area contributed by atoms with Gasteiger partial charge < -0.3 is 19.6 Å². The van der Waals surface area contributed by atoms with Crippen LogP contribution >= 0.6 is 0 Å². The molecule has 1 unspecified atom stereocenters. The first kappa shape index (κ1) is 14.2. The Balaban J connectivity index is 1.80. The van der Waals surface area contributed by atoms with Gasteiger partial charge >= 0.3 is 5.97 Å². The lowest BCUT2D eigenvalue weighted by Gasteiger charge is -2.17. The lowest BCUT2D eigenvalue weighted by atomic mass is 10.0. The molecular formula is C16H15NO5. The number of aromatic carboxylic acids is 1. The molecule has 1 aliphatic rings. The Labute approximate surface area is 126 Å². The Morgan fingerprint density at radius 1 is 1.14 bits per heavy atom. The summed E-state index contributed by atoms with van der Waals surface area (Å²) in [4.78, 5) is 23.0. The van der Waals surface area contributed by atoms with E-state index in [4.69, 9.17) is 14.3 Å². The van der Waals surface area contributed by atoms with Gasteiger partial charge in [0.15, 0.2) is 5.76 Å². The van der Waals surface area contributed by atoms with Gasteiger partial charge in [-0.05, 0) is 31.0 Å². The molecule has 0 fully saturated rings. The van der Waals surface area contributed by atoms with E-state index in [1.54, 1.807) is 0 Å². The minimum atomic E-state index is -1.20. The van der Waals surface area contributed by atoms with Crippen LogP contribution in [0.25, 0.3) is 0 Å². The predicted molar refractivity (Wildman–Crippen MR) is 77.0 cm³/mol. The Bertz CT molecular complexity index is 706. The largest absolute Gasteiger partial charge is 0.493 e. The summed E-state index contributed by atoms with van der Waals surface area (Å²) in [6.07, 6.45) is 1.56. The van der Waals surface area contributed by atoms with Crippen molar-refractivity contribution in [1.82, 2.24) is 5.32 Å². The topological polar surface area (TPSA) is 88.8 Å². The maximum Gasteiger partial charge on any atom is 0.371 e. The van der Waals surface area contributed by atoms with Gasteiger partial charge in [0.05, 0.1) is 12.6 Å². The fourth-order valence-corrected chi connectivity index (χ4v) is 2.48. The van der Waals surface area contributed by atoms with Crippen LogP contribution in [0, 0.1) is 0 Å². The summed E-state index contributed by atoms with van der Waals surface area (Å²) in [6, 6.07) is 9.99. The Kier molecular flexibility index (Phi) is 3.82. The first-order valence-corrected chi connectivity index (χ1v) is 7.01. The van der Waals surface area contributed by atoms with Crippen molar-refractivity contribution in [3.8, 4) is 5.75 Å². The van der Waals surface area contributed by atoms with Crippen LogP contribution in [0.15, 0.2) is 40.8 Å². The zero-order chi connectivity index (χ0) is 15.5. The monoisotopic (exact) mass is 301 g/mol. The molecule has 6 nitrogen and oxygen atoms in total. The van der Waals surface area contributed by atoms with Gasteiger partial charge in [-0.2, -0.15) is 0 Å². The molecule has 2 aromatic rings. The number of carboxylic acid groups (broad SMARTS) is 1. The average Bonchev–Trinajstić information content (AvgIpc) is 2.93. The molecule has 6 heteroatoms. The number of fused-ring (bicyclic) bond motifs is 1. The van der Waals surface area contributed by atoms with Gasteiger partial charge in [-0.1, -0.05) is 18.2 Å². The molecule has 0 radical (unpaired) electrons. The van der Waals surface area contributed by atoms with E-state index in [1.807, 2.05) is 24.3 Å². The van der Waals surface area contributed by atoms with Crippen molar-refractivity contribution >= 4 is 11.9 Å². The van der Waals surface area contributed by atoms with Gasteiger partial charge in [-0.15, -0.1) is 0 Å². The van der Waals surface area contributed by atoms with E-state index in [2.05, 4.69) is 5.32 Å². The molecule has 1 atom stereocenters. The van der Waals surface area contributed by atoms with Gasteiger partial charge in [0.25, 0.3) is 5.91 Å². The van der Waals surface area contributed by atoms with Crippen molar-refractivity contribution in [2.45, 2.75) is 18.9 Å². The van der Waals surface area contributed by atoms with Crippen molar-refractivity contribution in [3.05, 3.63) is 53.5 Å². The van der Waals surface area contributed by atoms with Crippen LogP contribution in [0.2, 0.25) is 0 Å². The van der Waals surface area contributed by atoms with Gasteiger partial charge in [-0.3, -0.25) is 4.79 Å². The van der Waals surface area contributed by atoms with E-state index in [0.29, 0.717) is 6.61 Å². The van der Waals surface area contributed by atoms with Crippen molar-refractivity contribution in [1.29, 1.82) is 0 Å². The molecule has 1 aromatic heterocycles. The number of ether oxygens (including phenoxy) is 1. The lowest BCUT2D eigenvalue weighted by molar-refractivity contribution is 0.0659. The number of carbonyl (C=O) groups excluding carboxylic acids is 1. The molecule has 1 amide bonds. The lowest BCUT2D eigenvalue weighted by Crippen LogP contribution is -2.28. The molecule has 0 saturated heterocycles. The second-order valence-electron chi connectivity index (χ2n) is 5.02. The summed E-state index contributed by atoms with van der Waals surface area (Å²) < 4.78 is 10.7. The third-order valence-electron chi connectivity index (χ3n) is 3.54. The van der Waals surface area contributed by atoms with Crippen molar-refractivity contribution in [3.63, 3.8) is 0 Å². The smallest absolute Gasteiger partial charge is 0.371 e. The molecule has 22 heavy (non-hydrogen) atoms. The second-order valence-corrected chi connectivity index (χ2v) is 5.02. The third kappa shape index (κ3) is 2.81. The van der Waals surface area contributed by atoms with E-state index in [0.717, 1.165) is 24.2 Å². The second kappa shape index (κ2) is 5.93. The minimum Gasteiger partial charge on any atom is -0.493 e. The number of carbonyl (C=O) groups is 2. The third-order valence-corrected chi connectivity index (χ3v) is 3.54. The van der Waals surface area contributed by atoms with Crippen LogP contribution in [-0.2, 0) is 0 Å². The zero-order valence-corrected chi connectivity index (χ0v) is 11.7. The number of hydrogen-bond acceptors (Lipinski definition) is 4. The number of para-hydroxylation sites is 1. The van der Waals surface area contributed by atoms with E-state index < -0.39 is 11.9 Å². The molecule has 114 valence electrons. The summed E-state index contributed by atoms with van der Waals surface area (Å²) in [6.45, 7) is 0.604. The molecule has 1 aliphatic heterocycles. The summed E-state index contributed by atoms with van der Waals surface area (Å²) in [5.41, 5.74) is 0.915. The summed E-state index contributed by atoms with van der Waals surface area (Å²) in [7, 11) is 0. The number of furan rings is 1. The number of carboxylic acids is 1. The van der Waals surface area contributed by atoms with E-state index >= 15 is 0 Å². The fourth-order valence-electron chi connectivity index (χ4n) is 2.48. The maximum absolute atomic E-state index is 12.2. The number of hydrogen-bond donors (Lipinski definition) is 2.